The summed E-state index contributed by atoms with van der Waals surface area (Å²) in [6.07, 6.45) is 0. The highest BCUT2D eigenvalue weighted by atomic mass is 79.9. The van der Waals surface area contributed by atoms with E-state index >= 15 is 0 Å². The average Bonchev–Trinajstić information content (AvgIpc) is 1.96. The summed E-state index contributed by atoms with van der Waals surface area (Å²) in [6, 6.07) is 2.96. The first-order valence-corrected chi connectivity index (χ1v) is 4.29. The number of hydrogen-bond acceptors (Lipinski definition) is 2. The molecule has 12 heavy (non-hydrogen) atoms. The summed E-state index contributed by atoms with van der Waals surface area (Å²) in [7, 11) is 0. The third kappa shape index (κ3) is 1.76. The van der Waals surface area contributed by atoms with Crippen molar-refractivity contribution in [3.8, 4) is 0 Å². The minimum absolute atomic E-state index is 0.0388. The Morgan fingerprint density at radius 3 is 2.67 bits per heavy atom. The minimum Gasteiger partial charge on any atom is -0.258 e. The molecule has 0 saturated carbocycles. The van der Waals surface area contributed by atoms with Gasteiger partial charge in [0.05, 0.1) is 9.40 Å². The fourth-order valence-electron chi connectivity index (χ4n) is 0.782. The molecule has 0 aliphatic rings. The Hall–Kier alpha value is -0.610. The SMILES string of the molecule is Cc1cc([N+](=O)[O-])c(Br)cc1Cl. The molecule has 0 spiro atoms. The molecule has 0 radical (unpaired) electrons. The fourth-order valence-corrected chi connectivity index (χ4v) is 1.57. The molecule has 0 N–H and O–H groups in total. The van der Waals surface area contributed by atoms with Crippen LogP contribution in [0.5, 0.6) is 0 Å². The van der Waals surface area contributed by atoms with E-state index in [2.05, 4.69) is 15.9 Å². The van der Waals surface area contributed by atoms with Crippen molar-refractivity contribution in [1.82, 2.24) is 0 Å². The average molecular weight is 250 g/mol. The van der Waals surface area contributed by atoms with E-state index < -0.39 is 4.92 Å². The Balaban J connectivity index is 3.33. The summed E-state index contributed by atoms with van der Waals surface area (Å²) >= 11 is 8.79. The maximum Gasteiger partial charge on any atom is 0.283 e. The third-order valence-electron chi connectivity index (χ3n) is 1.42. The van der Waals surface area contributed by atoms with Crippen LogP contribution in [-0.4, -0.2) is 4.92 Å². The maximum atomic E-state index is 10.4. The number of benzene rings is 1. The number of halogens is 2. The van der Waals surface area contributed by atoms with Gasteiger partial charge in [-0.15, -0.1) is 0 Å². The van der Waals surface area contributed by atoms with E-state index in [4.69, 9.17) is 11.6 Å². The zero-order valence-corrected chi connectivity index (χ0v) is 8.52. The van der Waals surface area contributed by atoms with E-state index in [1.54, 1.807) is 6.92 Å². The first-order valence-electron chi connectivity index (χ1n) is 3.12. The highest BCUT2D eigenvalue weighted by Crippen LogP contribution is 2.30. The van der Waals surface area contributed by atoms with Crippen molar-refractivity contribution in [2.24, 2.45) is 0 Å². The summed E-state index contributed by atoms with van der Waals surface area (Å²) in [4.78, 5) is 9.97. The molecule has 0 aliphatic heterocycles. The van der Waals surface area contributed by atoms with Gasteiger partial charge in [-0.2, -0.15) is 0 Å². The van der Waals surface area contributed by atoms with E-state index in [0.29, 0.717) is 15.1 Å². The molecule has 5 heteroatoms. The van der Waals surface area contributed by atoms with Crippen molar-refractivity contribution in [1.29, 1.82) is 0 Å². The van der Waals surface area contributed by atoms with Crippen molar-refractivity contribution in [2.45, 2.75) is 6.92 Å². The third-order valence-corrected chi connectivity index (χ3v) is 2.47. The molecule has 0 aromatic heterocycles. The highest BCUT2D eigenvalue weighted by Gasteiger charge is 2.13. The lowest BCUT2D eigenvalue weighted by atomic mass is 10.2. The first kappa shape index (κ1) is 9.48. The van der Waals surface area contributed by atoms with Crippen molar-refractivity contribution < 1.29 is 4.92 Å². The second-order valence-electron chi connectivity index (χ2n) is 2.31. The molecule has 1 aromatic rings. The predicted octanol–water partition coefficient (Wildman–Crippen LogP) is 3.32. The minimum atomic E-state index is -0.451. The Bertz CT molecular complexity index is 340. The van der Waals surface area contributed by atoms with Gasteiger partial charge in [-0.1, -0.05) is 11.6 Å². The molecule has 0 atom stereocenters. The van der Waals surface area contributed by atoms with Gasteiger partial charge in [-0.3, -0.25) is 10.1 Å². The van der Waals surface area contributed by atoms with E-state index in [-0.39, 0.29) is 5.69 Å². The molecule has 0 fully saturated rings. The Kier molecular flexibility index (Phi) is 2.69. The van der Waals surface area contributed by atoms with E-state index in [0.717, 1.165) is 0 Å². The molecule has 0 bridgehead atoms. The van der Waals surface area contributed by atoms with Crippen molar-refractivity contribution in [3.63, 3.8) is 0 Å². The van der Waals surface area contributed by atoms with Gasteiger partial charge in [0, 0.05) is 11.1 Å². The predicted molar refractivity (Wildman–Crippen MR) is 50.5 cm³/mol. The molecule has 1 rings (SSSR count). The molecule has 0 saturated heterocycles. The second-order valence-corrected chi connectivity index (χ2v) is 3.57. The maximum absolute atomic E-state index is 10.4. The van der Waals surface area contributed by atoms with Gasteiger partial charge < -0.3 is 0 Å². The fraction of sp³-hybridized carbons (Fsp3) is 0.143. The van der Waals surface area contributed by atoms with Gasteiger partial charge in [0.1, 0.15) is 0 Å². The normalized spacial score (nSPS) is 9.92. The Morgan fingerprint density at radius 2 is 2.17 bits per heavy atom. The molecule has 0 amide bonds. The van der Waals surface area contributed by atoms with Gasteiger partial charge in [-0.05, 0) is 34.5 Å². The van der Waals surface area contributed by atoms with Crippen molar-refractivity contribution >= 4 is 33.2 Å². The van der Waals surface area contributed by atoms with Crippen molar-refractivity contribution in [3.05, 3.63) is 37.3 Å². The largest absolute Gasteiger partial charge is 0.283 e. The lowest BCUT2D eigenvalue weighted by molar-refractivity contribution is -0.385. The lowest BCUT2D eigenvalue weighted by Gasteiger charge is -1.99. The van der Waals surface area contributed by atoms with Crippen LogP contribution in [0.1, 0.15) is 5.56 Å². The van der Waals surface area contributed by atoms with Crippen LogP contribution in [0.25, 0.3) is 0 Å². The number of nitro benzene ring substituents is 1. The summed E-state index contributed by atoms with van der Waals surface area (Å²) in [5.74, 6) is 0. The molecule has 0 aliphatic carbocycles. The number of nitro groups is 1. The monoisotopic (exact) mass is 249 g/mol. The summed E-state index contributed by atoms with van der Waals surface area (Å²) < 4.78 is 0.406. The number of nitrogens with zero attached hydrogens (tertiary/aromatic N) is 1. The van der Waals surface area contributed by atoms with Gasteiger partial charge >= 0.3 is 0 Å². The van der Waals surface area contributed by atoms with Crippen LogP contribution >= 0.6 is 27.5 Å². The zero-order chi connectivity index (χ0) is 9.30. The molecule has 0 unspecified atom stereocenters. The zero-order valence-electron chi connectivity index (χ0n) is 6.17. The first-order chi connectivity index (χ1) is 5.52. The Labute approximate surface area is 82.6 Å². The van der Waals surface area contributed by atoms with Crippen molar-refractivity contribution in [2.75, 3.05) is 0 Å². The second kappa shape index (κ2) is 3.41. The van der Waals surface area contributed by atoms with Crippen LogP contribution < -0.4 is 0 Å². The van der Waals surface area contributed by atoms with E-state index in [1.165, 1.54) is 12.1 Å². The summed E-state index contributed by atoms with van der Waals surface area (Å²) in [5, 5.41) is 10.9. The molecule has 1 aromatic carbocycles. The summed E-state index contributed by atoms with van der Waals surface area (Å²) in [6.45, 7) is 1.72. The molecule has 3 nitrogen and oxygen atoms in total. The molecular formula is C7H5BrClNO2. The van der Waals surface area contributed by atoms with Crippen LogP contribution in [0.2, 0.25) is 5.02 Å². The molecule has 0 heterocycles. The smallest absolute Gasteiger partial charge is 0.258 e. The van der Waals surface area contributed by atoms with Crippen LogP contribution in [0.4, 0.5) is 5.69 Å². The van der Waals surface area contributed by atoms with E-state index in [9.17, 15) is 10.1 Å². The van der Waals surface area contributed by atoms with Crippen LogP contribution in [0, 0.1) is 17.0 Å². The number of hydrogen-bond donors (Lipinski definition) is 0. The van der Waals surface area contributed by atoms with Gasteiger partial charge in [0.25, 0.3) is 5.69 Å². The quantitative estimate of drug-likeness (QED) is 0.567. The Morgan fingerprint density at radius 1 is 1.58 bits per heavy atom. The topological polar surface area (TPSA) is 43.1 Å². The lowest BCUT2D eigenvalue weighted by Crippen LogP contribution is -1.90. The standard InChI is InChI=1S/C7H5BrClNO2/c1-4-2-7(10(11)12)5(8)3-6(4)9/h2-3H,1H3. The number of rotatable bonds is 1. The highest BCUT2D eigenvalue weighted by molar-refractivity contribution is 9.10. The van der Waals surface area contributed by atoms with Gasteiger partial charge in [0.2, 0.25) is 0 Å². The molecule has 64 valence electrons. The summed E-state index contributed by atoms with van der Waals surface area (Å²) in [5.41, 5.74) is 0.739. The van der Waals surface area contributed by atoms with E-state index in [1.807, 2.05) is 0 Å². The molecular weight excluding hydrogens is 245 g/mol. The van der Waals surface area contributed by atoms with Crippen LogP contribution in [-0.2, 0) is 0 Å². The number of aryl methyl sites for hydroxylation is 1. The van der Waals surface area contributed by atoms with Gasteiger partial charge in [-0.25, -0.2) is 0 Å². The van der Waals surface area contributed by atoms with Gasteiger partial charge in [0.15, 0.2) is 0 Å². The van der Waals surface area contributed by atoms with Crippen LogP contribution in [0.15, 0.2) is 16.6 Å². The van der Waals surface area contributed by atoms with Crippen LogP contribution in [0.3, 0.4) is 0 Å².